The van der Waals surface area contributed by atoms with Crippen molar-refractivity contribution in [3.63, 3.8) is 0 Å². The van der Waals surface area contributed by atoms with Crippen LogP contribution in [0.25, 0.3) is 0 Å². The minimum Gasteiger partial charge on any atom is -1.00 e. The summed E-state index contributed by atoms with van der Waals surface area (Å²) in [5, 5.41) is 9.18. The summed E-state index contributed by atoms with van der Waals surface area (Å²) in [6, 6.07) is 9.01. The molecule has 16 heavy (non-hydrogen) atoms. The van der Waals surface area contributed by atoms with E-state index >= 15 is 0 Å². The minimum atomic E-state index is -3.82. The molecule has 0 fully saturated rings. The maximum atomic E-state index is 11.6. The van der Waals surface area contributed by atoms with E-state index in [1.165, 1.54) is 0 Å². The SMILES string of the molecule is [CH2]=[Ru+2]([CH3])([CH3])([c]1ccccc1)[S](N)(=O)=O.[Cl-].[Cl-]. The summed E-state index contributed by atoms with van der Waals surface area (Å²) in [6.07, 6.45) is 0. The molecule has 0 unspecified atom stereocenters. The van der Waals surface area contributed by atoms with Gasteiger partial charge in [0.1, 0.15) is 0 Å². The molecule has 0 spiro atoms. The van der Waals surface area contributed by atoms with Gasteiger partial charge in [-0.2, -0.15) is 0 Å². The molecule has 0 aromatic heterocycles. The molecule has 0 saturated carbocycles. The monoisotopic (exact) mass is 373 g/mol. The molecule has 7 heteroatoms. The van der Waals surface area contributed by atoms with Crippen LogP contribution in [0.4, 0.5) is 0 Å². The third-order valence-corrected chi connectivity index (χ3v) is 17.5. The number of nitrogens with two attached hydrogens (primary N) is 1. The fourth-order valence-electron chi connectivity index (χ4n) is 0.893. The van der Waals surface area contributed by atoms with Gasteiger partial charge >= 0.3 is 84.1 Å². The van der Waals surface area contributed by atoms with Crippen molar-refractivity contribution in [2.45, 2.75) is 11.0 Å². The van der Waals surface area contributed by atoms with Crippen LogP contribution in [-0.2, 0) is 19.9 Å². The van der Waals surface area contributed by atoms with E-state index < -0.39 is 19.9 Å². The van der Waals surface area contributed by atoms with Crippen LogP contribution in [0.5, 0.6) is 0 Å². The predicted octanol–water partition coefficient (Wildman–Crippen LogP) is -5.26. The van der Waals surface area contributed by atoms with Crippen molar-refractivity contribution in [3.05, 3.63) is 30.3 Å². The number of benzene rings is 1. The van der Waals surface area contributed by atoms with Gasteiger partial charge in [0.25, 0.3) is 0 Å². The Bertz CT molecular complexity index is 508. The topological polar surface area (TPSA) is 60.2 Å². The zero-order chi connectivity index (χ0) is 11.1. The van der Waals surface area contributed by atoms with Crippen molar-refractivity contribution in [2.75, 3.05) is 0 Å². The largest absolute Gasteiger partial charge is 1.00 e. The summed E-state index contributed by atoms with van der Waals surface area (Å²) in [6.45, 7) is 0. The zero-order valence-electron chi connectivity index (χ0n) is 9.01. The summed E-state index contributed by atoms with van der Waals surface area (Å²) < 4.78 is 23.9. The first kappa shape index (κ1) is 18.6. The fourth-order valence-corrected chi connectivity index (χ4v) is 5.55. The molecule has 0 saturated heterocycles. The van der Waals surface area contributed by atoms with Crippen LogP contribution in [0.1, 0.15) is 0 Å². The molecule has 96 valence electrons. The molecular formula is C9H15Cl2NO2RuS. The molecule has 2 N–H and O–H groups in total. The van der Waals surface area contributed by atoms with E-state index in [0.717, 1.165) is 4.16 Å². The van der Waals surface area contributed by atoms with Crippen LogP contribution in [-0.4, -0.2) is 13.5 Å². The number of hydrogen-bond donors (Lipinski definition) is 1. The molecule has 0 heterocycles. The molecule has 0 aliphatic rings. The average molecular weight is 373 g/mol. The van der Waals surface area contributed by atoms with Crippen LogP contribution in [0.15, 0.2) is 30.3 Å². The van der Waals surface area contributed by atoms with Crippen molar-refractivity contribution < 1.29 is 45.2 Å². The van der Waals surface area contributed by atoms with Gasteiger partial charge in [0, 0.05) is 0 Å². The van der Waals surface area contributed by atoms with E-state index in [4.69, 9.17) is 5.14 Å². The standard InChI is InChI=1S/C6H5.2CH3.CH2.2ClH.H2NO2S.Ru/c1-2-4-6-5-3-1;;;;;;1-4(2)3;/h1-5H;2*1H3;1H2;2*1H;(H2,1,2,3);/q;;;;;;;+2/p-2. The smallest absolute Gasteiger partial charge is 1.00 e. The molecule has 1 rings (SSSR count). The van der Waals surface area contributed by atoms with E-state index in [2.05, 4.69) is 5.11 Å². The molecule has 0 bridgehead atoms. The van der Waals surface area contributed by atoms with Gasteiger partial charge in [-0.15, -0.1) is 0 Å². The van der Waals surface area contributed by atoms with E-state index in [0.29, 0.717) is 0 Å². The summed E-state index contributed by atoms with van der Waals surface area (Å²) in [7, 11) is -3.59. The molecule has 0 aliphatic heterocycles. The second-order valence-corrected chi connectivity index (χ2v) is 22.7. The summed E-state index contributed by atoms with van der Waals surface area (Å²) in [5.41, 5.74) is 3.36. The average Bonchev–Trinajstić information content (AvgIpc) is 2.03. The van der Waals surface area contributed by atoms with E-state index in [-0.39, 0.29) is 24.8 Å². The van der Waals surface area contributed by atoms with Gasteiger partial charge in [0.15, 0.2) is 0 Å². The van der Waals surface area contributed by atoms with Gasteiger partial charge in [0.05, 0.1) is 0 Å². The number of hydrogen-bond acceptors (Lipinski definition) is 2. The third kappa shape index (κ3) is 3.11. The van der Waals surface area contributed by atoms with Crippen LogP contribution < -0.4 is 34.1 Å². The molecular weight excluding hydrogens is 358 g/mol. The van der Waals surface area contributed by atoms with Gasteiger partial charge in [-0.25, -0.2) is 0 Å². The Morgan fingerprint density at radius 3 is 1.81 bits per heavy atom. The van der Waals surface area contributed by atoms with Crippen LogP contribution in [0, 0.1) is 0 Å². The Hall–Kier alpha value is 0.203. The van der Waals surface area contributed by atoms with Crippen LogP contribution >= 0.6 is 0 Å². The first-order valence-electron chi connectivity index (χ1n) is 3.76. The summed E-state index contributed by atoms with van der Waals surface area (Å²) >= 11 is -3.82. The third-order valence-electron chi connectivity index (χ3n) is 2.01. The first-order chi connectivity index (χ1) is 6.14. The van der Waals surface area contributed by atoms with Gasteiger partial charge in [0.2, 0.25) is 0 Å². The Balaban J connectivity index is 0. The van der Waals surface area contributed by atoms with Crippen LogP contribution in [0.2, 0.25) is 11.0 Å². The summed E-state index contributed by atoms with van der Waals surface area (Å²) in [5.74, 6) is 0. The van der Waals surface area contributed by atoms with Crippen molar-refractivity contribution in [1.82, 2.24) is 0 Å². The molecule has 1 aromatic rings. The quantitative estimate of drug-likeness (QED) is 0.527. The van der Waals surface area contributed by atoms with Gasteiger partial charge < -0.3 is 24.8 Å². The van der Waals surface area contributed by atoms with Crippen LogP contribution in [0.3, 0.4) is 0 Å². The second-order valence-electron chi connectivity index (χ2n) is 3.54. The fraction of sp³-hybridized carbons (Fsp3) is 0.222. The molecule has 0 amide bonds. The maximum absolute atomic E-state index is 11.6. The molecule has 0 aliphatic carbocycles. The van der Waals surface area contributed by atoms with Crippen molar-refractivity contribution in [2.24, 2.45) is 5.14 Å². The Labute approximate surface area is 108 Å². The van der Waals surface area contributed by atoms with Gasteiger partial charge in [-0.3, -0.25) is 0 Å². The normalized spacial score (nSPS) is 13.8. The summed E-state index contributed by atoms with van der Waals surface area (Å²) in [4.78, 5) is 0. The number of halogens is 2. The van der Waals surface area contributed by atoms with E-state index in [1.807, 2.05) is 6.07 Å². The minimum absolute atomic E-state index is 0. The zero-order valence-corrected chi connectivity index (χ0v) is 13.1. The Morgan fingerprint density at radius 1 is 1.12 bits per heavy atom. The van der Waals surface area contributed by atoms with E-state index in [1.54, 1.807) is 35.3 Å². The number of rotatable bonds is 2. The molecule has 1 aromatic carbocycles. The van der Waals surface area contributed by atoms with Gasteiger partial charge in [-0.1, -0.05) is 0 Å². The maximum Gasteiger partial charge on any atom is -1.00 e. The van der Waals surface area contributed by atoms with Crippen molar-refractivity contribution in [1.29, 1.82) is 0 Å². The molecule has 0 atom stereocenters. The predicted molar refractivity (Wildman–Crippen MR) is 58.0 cm³/mol. The molecule has 3 nitrogen and oxygen atoms in total. The second kappa shape index (κ2) is 5.24. The first-order valence-corrected chi connectivity index (χ1v) is 12.9. The Morgan fingerprint density at radius 2 is 1.50 bits per heavy atom. The van der Waals surface area contributed by atoms with Crippen molar-refractivity contribution >= 4 is 17.3 Å². The molecule has 0 radical (unpaired) electrons. The Kier molecular flexibility index (Phi) is 6.08. The van der Waals surface area contributed by atoms with Crippen molar-refractivity contribution in [3.8, 4) is 0 Å². The van der Waals surface area contributed by atoms with E-state index in [9.17, 15) is 8.42 Å². The van der Waals surface area contributed by atoms with Gasteiger partial charge in [-0.05, 0) is 0 Å².